The summed E-state index contributed by atoms with van der Waals surface area (Å²) in [4.78, 5) is 26.7. The molecular formula is C20H24N2O2. The van der Waals surface area contributed by atoms with E-state index >= 15 is 0 Å². The monoisotopic (exact) mass is 324 g/mol. The van der Waals surface area contributed by atoms with Gasteiger partial charge in [0.15, 0.2) is 0 Å². The van der Waals surface area contributed by atoms with Crippen molar-refractivity contribution in [3.63, 3.8) is 0 Å². The molecule has 1 aromatic heterocycles. The van der Waals surface area contributed by atoms with Gasteiger partial charge in [-0.1, -0.05) is 35.9 Å². The van der Waals surface area contributed by atoms with Gasteiger partial charge in [-0.2, -0.15) is 0 Å². The Bertz CT molecular complexity index is 789. The van der Waals surface area contributed by atoms with Crippen molar-refractivity contribution in [1.29, 1.82) is 0 Å². The number of H-pyrrole nitrogens is 1. The largest absolute Gasteiger partial charge is 0.348 e. The van der Waals surface area contributed by atoms with Crippen molar-refractivity contribution in [2.75, 3.05) is 0 Å². The fourth-order valence-electron chi connectivity index (χ4n) is 2.61. The van der Waals surface area contributed by atoms with Crippen LogP contribution in [0, 0.1) is 13.8 Å². The van der Waals surface area contributed by atoms with Crippen LogP contribution < -0.4 is 10.9 Å². The lowest BCUT2D eigenvalue weighted by Crippen LogP contribution is -2.26. The quantitative estimate of drug-likeness (QED) is 0.802. The number of amides is 1. The van der Waals surface area contributed by atoms with E-state index in [-0.39, 0.29) is 18.0 Å². The van der Waals surface area contributed by atoms with E-state index < -0.39 is 0 Å². The number of aromatic amines is 1. The molecule has 2 rings (SSSR count). The predicted molar refractivity (Wildman–Crippen MR) is 96.9 cm³/mol. The van der Waals surface area contributed by atoms with Gasteiger partial charge in [0.2, 0.25) is 5.91 Å². The second-order valence-electron chi connectivity index (χ2n) is 6.14. The number of allylic oxidation sites excluding steroid dienone is 1. The Morgan fingerprint density at radius 1 is 1.21 bits per heavy atom. The average molecular weight is 324 g/mol. The van der Waals surface area contributed by atoms with Crippen LogP contribution in [-0.4, -0.2) is 10.9 Å². The number of aryl methyl sites for hydroxylation is 3. The first-order valence-corrected chi connectivity index (χ1v) is 8.14. The van der Waals surface area contributed by atoms with Crippen molar-refractivity contribution in [2.24, 2.45) is 0 Å². The molecule has 0 atom stereocenters. The summed E-state index contributed by atoms with van der Waals surface area (Å²) in [5.41, 5.74) is 4.45. The molecule has 1 aromatic carbocycles. The van der Waals surface area contributed by atoms with Gasteiger partial charge in [-0.25, -0.2) is 0 Å². The fraction of sp³-hybridized carbons (Fsp3) is 0.300. The second-order valence-corrected chi connectivity index (χ2v) is 6.14. The van der Waals surface area contributed by atoms with Crippen LogP contribution in [0.1, 0.15) is 35.7 Å². The maximum Gasteiger partial charge on any atom is 0.253 e. The van der Waals surface area contributed by atoms with Crippen molar-refractivity contribution in [3.8, 4) is 0 Å². The molecule has 126 valence electrons. The third-order valence-electron chi connectivity index (χ3n) is 3.96. The van der Waals surface area contributed by atoms with Gasteiger partial charge in [0.05, 0.1) is 0 Å². The van der Waals surface area contributed by atoms with Gasteiger partial charge in [0.25, 0.3) is 5.56 Å². The molecule has 0 bridgehead atoms. The van der Waals surface area contributed by atoms with Gasteiger partial charge in [0.1, 0.15) is 0 Å². The van der Waals surface area contributed by atoms with Gasteiger partial charge in [-0.15, -0.1) is 0 Å². The molecule has 0 saturated heterocycles. The van der Waals surface area contributed by atoms with Crippen molar-refractivity contribution in [2.45, 2.75) is 40.2 Å². The Hall–Kier alpha value is -2.62. The van der Waals surface area contributed by atoms with Gasteiger partial charge < -0.3 is 10.3 Å². The van der Waals surface area contributed by atoms with Gasteiger partial charge in [-0.3, -0.25) is 9.59 Å². The van der Waals surface area contributed by atoms with E-state index in [2.05, 4.69) is 22.4 Å². The van der Waals surface area contributed by atoms with Crippen LogP contribution in [0.15, 0.2) is 52.8 Å². The maximum absolute atomic E-state index is 12.0. The highest BCUT2D eigenvalue weighted by atomic mass is 16.1. The number of benzene rings is 1. The summed E-state index contributed by atoms with van der Waals surface area (Å²) in [6.07, 6.45) is 3.36. The van der Waals surface area contributed by atoms with Crippen LogP contribution in [0.5, 0.6) is 0 Å². The minimum Gasteiger partial charge on any atom is -0.348 e. The molecular weight excluding hydrogens is 300 g/mol. The van der Waals surface area contributed by atoms with Crippen molar-refractivity contribution in [3.05, 3.63) is 80.8 Å². The van der Waals surface area contributed by atoms with Gasteiger partial charge in [-0.05, 0) is 50.8 Å². The van der Waals surface area contributed by atoms with E-state index in [9.17, 15) is 9.59 Å². The van der Waals surface area contributed by atoms with Gasteiger partial charge >= 0.3 is 0 Å². The third-order valence-corrected chi connectivity index (χ3v) is 3.96. The number of hydrogen-bond donors (Lipinski definition) is 2. The summed E-state index contributed by atoms with van der Waals surface area (Å²) in [6.45, 7) is 5.91. The fourth-order valence-corrected chi connectivity index (χ4v) is 2.61. The molecule has 4 heteroatoms. The van der Waals surface area contributed by atoms with E-state index in [0.29, 0.717) is 5.56 Å². The first kappa shape index (κ1) is 17.7. The molecule has 1 amide bonds. The number of hydrogen-bond acceptors (Lipinski definition) is 2. The highest BCUT2D eigenvalue weighted by molar-refractivity contribution is 5.88. The van der Waals surface area contributed by atoms with E-state index in [1.807, 2.05) is 45.0 Å². The Balaban J connectivity index is 1.89. The normalized spacial score (nSPS) is 11.4. The summed E-state index contributed by atoms with van der Waals surface area (Å²) >= 11 is 0. The molecule has 0 aliphatic rings. The first-order chi connectivity index (χ1) is 11.5. The second kappa shape index (κ2) is 8.29. The standard InChI is InChI=1S/C20H24N2O2/c1-14(9-10-17-7-5-4-6-8-17)11-19(23)21-13-18-15(2)12-16(3)22-20(18)24/h4-8,11-12H,9-10,13H2,1-3H3,(H,21,23)(H,22,24)/b14-11-. The van der Waals surface area contributed by atoms with Crippen LogP contribution in [0.3, 0.4) is 0 Å². The van der Waals surface area contributed by atoms with E-state index in [1.165, 1.54) is 5.56 Å². The minimum absolute atomic E-state index is 0.141. The zero-order valence-corrected chi connectivity index (χ0v) is 14.5. The predicted octanol–water partition coefficient (Wildman–Crippen LogP) is 3.19. The Kier molecular flexibility index (Phi) is 6.13. The zero-order chi connectivity index (χ0) is 17.5. The Labute approximate surface area is 142 Å². The average Bonchev–Trinajstić information content (AvgIpc) is 2.53. The molecule has 0 fully saturated rings. The molecule has 0 radical (unpaired) electrons. The summed E-state index contributed by atoms with van der Waals surface area (Å²) in [6, 6.07) is 12.1. The number of nitrogens with one attached hydrogen (secondary N) is 2. The molecule has 0 unspecified atom stereocenters. The lowest BCUT2D eigenvalue weighted by atomic mass is 10.1. The molecule has 0 aliphatic carbocycles. The highest BCUT2D eigenvalue weighted by Crippen LogP contribution is 2.08. The molecule has 24 heavy (non-hydrogen) atoms. The van der Waals surface area contributed by atoms with E-state index in [4.69, 9.17) is 0 Å². The SMILES string of the molecule is C/C(=C/C(=O)NCc1c(C)cc(C)[nH]c1=O)CCc1ccccc1. The van der Waals surface area contributed by atoms with Crippen molar-refractivity contribution < 1.29 is 4.79 Å². The highest BCUT2D eigenvalue weighted by Gasteiger charge is 2.06. The van der Waals surface area contributed by atoms with Crippen molar-refractivity contribution >= 4 is 5.91 Å². The molecule has 0 saturated carbocycles. The summed E-state index contributed by atoms with van der Waals surface area (Å²) < 4.78 is 0. The van der Waals surface area contributed by atoms with Crippen molar-refractivity contribution in [1.82, 2.24) is 10.3 Å². The summed E-state index contributed by atoms with van der Waals surface area (Å²) in [5, 5.41) is 2.79. The minimum atomic E-state index is -0.167. The van der Waals surface area contributed by atoms with E-state index in [0.717, 1.165) is 29.7 Å². The van der Waals surface area contributed by atoms with Crippen LogP contribution in [0.2, 0.25) is 0 Å². The van der Waals surface area contributed by atoms with E-state index in [1.54, 1.807) is 6.08 Å². The Morgan fingerprint density at radius 3 is 2.58 bits per heavy atom. The molecule has 4 nitrogen and oxygen atoms in total. The van der Waals surface area contributed by atoms with Crippen LogP contribution in [0.4, 0.5) is 0 Å². The smallest absolute Gasteiger partial charge is 0.253 e. The molecule has 1 heterocycles. The number of aromatic nitrogens is 1. The number of carbonyl (C=O) groups excluding carboxylic acids is 1. The molecule has 2 N–H and O–H groups in total. The number of pyridine rings is 1. The van der Waals surface area contributed by atoms with Crippen LogP contribution in [0.25, 0.3) is 0 Å². The third kappa shape index (κ3) is 5.23. The van der Waals surface area contributed by atoms with Crippen LogP contribution in [-0.2, 0) is 17.8 Å². The van der Waals surface area contributed by atoms with Gasteiger partial charge in [0, 0.05) is 23.9 Å². The summed E-state index contributed by atoms with van der Waals surface area (Å²) in [7, 11) is 0. The lowest BCUT2D eigenvalue weighted by Gasteiger charge is -2.07. The number of rotatable bonds is 6. The Morgan fingerprint density at radius 2 is 1.92 bits per heavy atom. The molecule has 2 aromatic rings. The lowest BCUT2D eigenvalue weighted by molar-refractivity contribution is -0.116. The molecule has 0 aliphatic heterocycles. The maximum atomic E-state index is 12.0. The molecule has 0 spiro atoms. The first-order valence-electron chi connectivity index (χ1n) is 8.14. The summed E-state index contributed by atoms with van der Waals surface area (Å²) in [5.74, 6) is -0.167. The zero-order valence-electron chi connectivity index (χ0n) is 14.5. The number of carbonyl (C=O) groups is 1. The topological polar surface area (TPSA) is 62.0 Å². The van der Waals surface area contributed by atoms with Crippen LogP contribution >= 0.6 is 0 Å².